The Labute approximate surface area is 137 Å². The smallest absolute Gasteiger partial charge is 0.349 e. The number of ether oxygens (including phenoxy) is 3. The summed E-state index contributed by atoms with van der Waals surface area (Å²) in [4.78, 5) is 12.6. The number of carbonyl (C=O) groups excluding carboxylic acids is 1. The molecule has 0 N–H and O–H groups in total. The highest BCUT2D eigenvalue weighted by molar-refractivity contribution is 5.98. The van der Waals surface area contributed by atoms with Gasteiger partial charge in [-0.05, 0) is 19.1 Å². The van der Waals surface area contributed by atoms with E-state index in [4.69, 9.17) is 18.7 Å². The van der Waals surface area contributed by atoms with E-state index in [0.29, 0.717) is 34.3 Å². The van der Waals surface area contributed by atoms with Gasteiger partial charge in [-0.25, -0.2) is 4.79 Å². The number of nitrogens with zero attached hydrogens (tertiary/aromatic N) is 1. The van der Waals surface area contributed by atoms with Crippen LogP contribution in [0.25, 0.3) is 11.3 Å². The van der Waals surface area contributed by atoms with Gasteiger partial charge in [0, 0.05) is 11.6 Å². The number of hydrogen-bond donors (Lipinski definition) is 0. The van der Waals surface area contributed by atoms with E-state index in [2.05, 4.69) is 5.16 Å². The summed E-state index contributed by atoms with van der Waals surface area (Å²) >= 11 is 0. The van der Waals surface area contributed by atoms with Crippen LogP contribution in [-0.2, 0) is 0 Å². The van der Waals surface area contributed by atoms with E-state index in [1.807, 2.05) is 30.3 Å². The van der Waals surface area contributed by atoms with Crippen molar-refractivity contribution in [2.75, 3.05) is 6.79 Å². The molecule has 0 aliphatic carbocycles. The number of rotatable bonds is 3. The standard InChI is InChI=1S/C18H13NO5/c1-11-16(17(19-24-11)12-5-3-2-4-6-12)18(20)23-13-7-8-14-15(9-13)22-10-21-14/h2-9H,10H2,1H3. The summed E-state index contributed by atoms with van der Waals surface area (Å²) < 4.78 is 21.2. The predicted molar refractivity (Wildman–Crippen MR) is 84.2 cm³/mol. The van der Waals surface area contributed by atoms with Crippen molar-refractivity contribution in [1.82, 2.24) is 5.16 Å². The van der Waals surface area contributed by atoms with E-state index in [-0.39, 0.29) is 6.79 Å². The molecule has 0 atom stereocenters. The molecule has 3 aromatic rings. The highest BCUT2D eigenvalue weighted by atomic mass is 16.7. The van der Waals surface area contributed by atoms with Crippen LogP contribution in [-0.4, -0.2) is 17.9 Å². The molecule has 1 aromatic heterocycles. The molecule has 0 saturated heterocycles. The fourth-order valence-electron chi connectivity index (χ4n) is 2.50. The summed E-state index contributed by atoms with van der Waals surface area (Å²) in [5.41, 5.74) is 1.55. The molecule has 0 radical (unpaired) electrons. The van der Waals surface area contributed by atoms with Crippen molar-refractivity contribution in [3.05, 3.63) is 59.9 Å². The largest absolute Gasteiger partial charge is 0.454 e. The van der Waals surface area contributed by atoms with Gasteiger partial charge in [-0.2, -0.15) is 0 Å². The molecule has 0 spiro atoms. The van der Waals surface area contributed by atoms with Crippen molar-refractivity contribution in [3.8, 4) is 28.5 Å². The minimum absolute atomic E-state index is 0.162. The van der Waals surface area contributed by atoms with Gasteiger partial charge in [0.1, 0.15) is 22.8 Å². The lowest BCUT2D eigenvalue weighted by atomic mass is 10.1. The summed E-state index contributed by atoms with van der Waals surface area (Å²) in [7, 11) is 0. The molecule has 2 heterocycles. The molecule has 6 nitrogen and oxygen atoms in total. The molecule has 0 unspecified atom stereocenters. The predicted octanol–water partition coefficient (Wildman–Crippen LogP) is 3.60. The van der Waals surface area contributed by atoms with E-state index in [1.165, 1.54) is 0 Å². The van der Waals surface area contributed by atoms with Crippen molar-refractivity contribution < 1.29 is 23.5 Å². The maximum atomic E-state index is 12.6. The van der Waals surface area contributed by atoms with Crippen LogP contribution in [0.3, 0.4) is 0 Å². The van der Waals surface area contributed by atoms with Crippen LogP contribution >= 0.6 is 0 Å². The normalized spacial score (nSPS) is 12.2. The highest BCUT2D eigenvalue weighted by Gasteiger charge is 2.24. The molecular formula is C18H13NO5. The zero-order valence-electron chi connectivity index (χ0n) is 12.8. The lowest BCUT2D eigenvalue weighted by molar-refractivity contribution is 0.0733. The van der Waals surface area contributed by atoms with Crippen molar-refractivity contribution in [2.45, 2.75) is 6.92 Å². The van der Waals surface area contributed by atoms with Crippen LogP contribution in [0.5, 0.6) is 17.2 Å². The van der Waals surface area contributed by atoms with Gasteiger partial charge in [-0.3, -0.25) is 0 Å². The van der Waals surface area contributed by atoms with Gasteiger partial charge < -0.3 is 18.7 Å². The second-order valence-corrected chi connectivity index (χ2v) is 5.23. The quantitative estimate of drug-likeness (QED) is 0.542. The van der Waals surface area contributed by atoms with E-state index in [9.17, 15) is 4.79 Å². The first-order chi connectivity index (χ1) is 11.7. The molecule has 0 amide bonds. The molecule has 2 aromatic carbocycles. The van der Waals surface area contributed by atoms with Gasteiger partial charge in [0.15, 0.2) is 11.5 Å². The van der Waals surface area contributed by atoms with E-state index >= 15 is 0 Å². The third kappa shape index (κ3) is 2.48. The van der Waals surface area contributed by atoms with E-state index < -0.39 is 5.97 Å². The van der Waals surface area contributed by atoms with Crippen molar-refractivity contribution >= 4 is 5.97 Å². The van der Waals surface area contributed by atoms with Crippen LogP contribution in [0, 0.1) is 6.92 Å². The summed E-state index contributed by atoms with van der Waals surface area (Å²) in [6, 6.07) is 14.3. The van der Waals surface area contributed by atoms with Crippen molar-refractivity contribution in [3.63, 3.8) is 0 Å². The number of hydrogen-bond acceptors (Lipinski definition) is 6. The SMILES string of the molecule is Cc1onc(-c2ccccc2)c1C(=O)Oc1ccc2c(c1)OCO2. The Morgan fingerprint density at radius 3 is 2.71 bits per heavy atom. The van der Waals surface area contributed by atoms with Crippen LogP contribution < -0.4 is 14.2 Å². The maximum Gasteiger partial charge on any atom is 0.349 e. The molecule has 24 heavy (non-hydrogen) atoms. The second-order valence-electron chi connectivity index (χ2n) is 5.23. The number of esters is 1. The first kappa shape index (κ1) is 14.3. The molecule has 120 valence electrons. The van der Waals surface area contributed by atoms with Crippen LogP contribution in [0.4, 0.5) is 0 Å². The van der Waals surface area contributed by atoms with Gasteiger partial charge in [-0.15, -0.1) is 0 Å². The third-order valence-corrected chi connectivity index (χ3v) is 3.67. The average Bonchev–Trinajstić information content (AvgIpc) is 3.21. The lowest BCUT2D eigenvalue weighted by Gasteiger charge is -2.06. The Bertz CT molecular complexity index is 901. The second kappa shape index (κ2) is 5.73. The summed E-state index contributed by atoms with van der Waals surface area (Å²) in [6.07, 6.45) is 0. The lowest BCUT2D eigenvalue weighted by Crippen LogP contribution is -2.10. The number of aromatic nitrogens is 1. The van der Waals surface area contributed by atoms with E-state index in [0.717, 1.165) is 5.56 Å². The van der Waals surface area contributed by atoms with E-state index in [1.54, 1.807) is 25.1 Å². The first-order valence-corrected chi connectivity index (χ1v) is 7.36. The molecule has 4 rings (SSSR count). The Kier molecular flexibility index (Phi) is 3.42. The summed E-state index contributed by atoms with van der Waals surface area (Å²) in [5, 5.41) is 3.99. The molecule has 1 aliphatic heterocycles. The molecule has 0 saturated carbocycles. The number of fused-ring (bicyclic) bond motifs is 1. The van der Waals surface area contributed by atoms with Crippen molar-refractivity contribution in [2.24, 2.45) is 0 Å². The summed E-state index contributed by atoms with van der Waals surface area (Å²) in [5.74, 6) is 1.40. The van der Waals surface area contributed by atoms with Crippen molar-refractivity contribution in [1.29, 1.82) is 0 Å². The topological polar surface area (TPSA) is 70.8 Å². The monoisotopic (exact) mass is 323 g/mol. The third-order valence-electron chi connectivity index (χ3n) is 3.67. The van der Waals surface area contributed by atoms with Gasteiger partial charge in [0.05, 0.1) is 0 Å². The van der Waals surface area contributed by atoms with Gasteiger partial charge >= 0.3 is 5.97 Å². The number of aryl methyl sites for hydroxylation is 1. The molecule has 0 fully saturated rings. The Morgan fingerprint density at radius 2 is 1.88 bits per heavy atom. The average molecular weight is 323 g/mol. The zero-order chi connectivity index (χ0) is 16.5. The molecule has 1 aliphatic rings. The Morgan fingerprint density at radius 1 is 1.08 bits per heavy atom. The van der Waals surface area contributed by atoms with Crippen LogP contribution in [0.2, 0.25) is 0 Å². The van der Waals surface area contributed by atoms with Crippen LogP contribution in [0.15, 0.2) is 53.1 Å². The number of carbonyl (C=O) groups is 1. The summed E-state index contributed by atoms with van der Waals surface area (Å²) in [6.45, 7) is 1.84. The molecular weight excluding hydrogens is 310 g/mol. The van der Waals surface area contributed by atoms with Gasteiger partial charge in [0.2, 0.25) is 6.79 Å². The number of benzene rings is 2. The molecule has 0 bridgehead atoms. The maximum absolute atomic E-state index is 12.6. The minimum Gasteiger partial charge on any atom is -0.454 e. The Hall–Kier alpha value is -3.28. The zero-order valence-corrected chi connectivity index (χ0v) is 12.8. The Balaban J connectivity index is 1.65. The van der Waals surface area contributed by atoms with Gasteiger partial charge in [-0.1, -0.05) is 35.5 Å². The molecule has 6 heteroatoms. The van der Waals surface area contributed by atoms with Crippen LogP contribution in [0.1, 0.15) is 16.1 Å². The van der Waals surface area contributed by atoms with Gasteiger partial charge in [0.25, 0.3) is 0 Å². The highest BCUT2D eigenvalue weighted by Crippen LogP contribution is 2.35. The minimum atomic E-state index is -0.536. The first-order valence-electron chi connectivity index (χ1n) is 7.36. The fourth-order valence-corrected chi connectivity index (χ4v) is 2.50. The fraction of sp³-hybridized carbons (Fsp3) is 0.111.